The minimum atomic E-state index is -1.11. The number of aromatic nitrogens is 2. The second-order valence-electron chi connectivity index (χ2n) is 12.2. The summed E-state index contributed by atoms with van der Waals surface area (Å²) in [7, 11) is 0. The molecule has 7 nitrogen and oxygen atoms in total. The molecule has 2 aliphatic carbocycles. The normalized spacial score (nSPS) is 29.0. The largest absolute Gasteiger partial charge is 0.480 e. The molecule has 2 saturated heterocycles. The highest BCUT2D eigenvalue weighted by atomic mass is 16.4. The van der Waals surface area contributed by atoms with E-state index in [2.05, 4.69) is 10.2 Å². The van der Waals surface area contributed by atoms with Crippen molar-refractivity contribution in [3.63, 3.8) is 0 Å². The molecule has 4 fully saturated rings. The molecule has 0 spiro atoms. The van der Waals surface area contributed by atoms with Crippen molar-refractivity contribution < 1.29 is 9.90 Å². The number of hydrogen-bond acceptors (Lipinski definition) is 5. The van der Waals surface area contributed by atoms with Crippen molar-refractivity contribution in [1.29, 1.82) is 0 Å². The van der Waals surface area contributed by atoms with Crippen molar-refractivity contribution in [1.82, 2.24) is 14.5 Å². The van der Waals surface area contributed by atoms with E-state index in [1.165, 1.54) is 57.8 Å². The van der Waals surface area contributed by atoms with Gasteiger partial charge >= 0.3 is 5.97 Å². The van der Waals surface area contributed by atoms with Crippen molar-refractivity contribution in [3.8, 4) is 0 Å². The summed E-state index contributed by atoms with van der Waals surface area (Å²) in [5.74, 6) is -0.670. The lowest BCUT2D eigenvalue weighted by Crippen LogP contribution is -2.51. The SMILES string of the molecule is O=C(O)C1(Nc2nc3ccccc3n(C3CC4CCC(C3)N4C3CCCCCCC3)c2=O)CCCCC1. The number of carboxylic acid groups (broad SMARTS) is 1. The van der Waals surface area contributed by atoms with E-state index in [-0.39, 0.29) is 17.4 Å². The average molecular weight is 507 g/mol. The van der Waals surface area contributed by atoms with Gasteiger partial charge in [-0.3, -0.25) is 9.69 Å². The van der Waals surface area contributed by atoms with Crippen LogP contribution in [0.1, 0.15) is 109 Å². The molecular weight excluding hydrogens is 464 g/mol. The lowest BCUT2D eigenvalue weighted by Gasteiger charge is -2.45. The maximum absolute atomic E-state index is 14.1. The first-order valence-corrected chi connectivity index (χ1v) is 14.9. The van der Waals surface area contributed by atoms with Crippen molar-refractivity contribution in [2.45, 2.75) is 132 Å². The number of carboxylic acids is 1. The van der Waals surface area contributed by atoms with E-state index in [0.29, 0.717) is 31.0 Å². The van der Waals surface area contributed by atoms with E-state index in [9.17, 15) is 14.7 Å². The van der Waals surface area contributed by atoms with Crippen LogP contribution in [0.5, 0.6) is 0 Å². The first-order valence-electron chi connectivity index (χ1n) is 14.9. The molecule has 0 radical (unpaired) electrons. The number of fused-ring (bicyclic) bond motifs is 3. The van der Waals surface area contributed by atoms with E-state index in [1.807, 2.05) is 28.8 Å². The van der Waals surface area contributed by atoms with E-state index < -0.39 is 11.5 Å². The molecule has 6 rings (SSSR count). The van der Waals surface area contributed by atoms with Crippen LogP contribution in [0, 0.1) is 0 Å². The molecule has 37 heavy (non-hydrogen) atoms. The van der Waals surface area contributed by atoms with Crippen LogP contribution in [-0.4, -0.2) is 49.2 Å². The highest BCUT2D eigenvalue weighted by molar-refractivity contribution is 5.83. The highest BCUT2D eigenvalue weighted by Gasteiger charge is 2.45. The Kier molecular flexibility index (Phi) is 6.99. The Hall–Kier alpha value is -2.41. The van der Waals surface area contributed by atoms with Gasteiger partial charge in [-0.15, -0.1) is 0 Å². The minimum Gasteiger partial charge on any atom is -0.480 e. The number of hydrogen-bond donors (Lipinski definition) is 2. The van der Waals surface area contributed by atoms with Crippen molar-refractivity contribution >= 4 is 22.8 Å². The fourth-order valence-corrected chi connectivity index (χ4v) is 8.10. The van der Waals surface area contributed by atoms with E-state index in [0.717, 1.165) is 43.1 Å². The summed E-state index contributed by atoms with van der Waals surface area (Å²) >= 11 is 0. The third-order valence-electron chi connectivity index (χ3n) is 9.90. The Morgan fingerprint density at radius 1 is 0.838 bits per heavy atom. The summed E-state index contributed by atoms with van der Waals surface area (Å²) in [6.45, 7) is 0. The number of carbonyl (C=O) groups is 1. The van der Waals surface area contributed by atoms with Crippen LogP contribution >= 0.6 is 0 Å². The van der Waals surface area contributed by atoms with Gasteiger partial charge in [0.2, 0.25) is 0 Å². The van der Waals surface area contributed by atoms with Crippen molar-refractivity contribution in [2.24, 2.45) is 0 Å². The van der Waals surface area contributed by atoms with Gasteiger partial charge in [0, 0.05) is 24.2 Å². The summed E-state index contributed by atoms with van der Waals surface area (Å²) in [5, 5.41) is 13.3. The topological polar surface area (TPSA) is 87.5 Å². The fourth-order valence-electron chi connectivity index (χ4n) is 8.10. The van der Waals surface area contributed by atoms with Gasteiger partial charge in [-0.25, -0.2) is 9.78 Å². The number of nitrogens with zero attached hydrogens (tertiary/aromatic N) is 3. The molecule has 7 heteroatoms. The Balaban J connectivity index is 1.33. The van der Waals surface area contributed by atoms with Gasteiger partial charge in [-0.1, -0.05) is 63.5 Å². The summed E-state index contributed by atoms with van der Waals surface area (Å²) in [6.07, 6.45) is 17.7. The molecule has 2 saturated carbocycles. The first-order chi connectivity index (χ1) is 18.1. The van der Waals surface area contributed by atoms with Crippen LogP contribution in [0.2, 0.25) is 0 Å². The number of nitrogens with one attached hydrogen (secondary N) is 1. The molecule has 1 aromatic carbocycles. The third-order valence-corrected chi connectivity index (χ3v) is 9.90. The number of rotatable bonds is 5. The molecule has 0 amide bonds. The zero-order chi connectivity index (χ0) is 25.4. The van der Waals surface area contributed by atoms with Gasteiger partial charge in [-0.05, 0) is 63.5 Å². The lowest BCUT2D eigenvalue weighted by atomic mass is 9.81. The zero-order valence-corrected chi connectivity index (χ0v) is 22.0. The van der Waals surface area contributed by atoms with Crippen LogP contribution < -0.4 is 10.9 Å². The minimum absolute atomic E-state index is 0.121. The number of piperidine rings is 1. The highest BCUT2D eigenvalue weighted by Crippen LogP contribution is 2.44. The number of aliphatic carboxylic acids is 1. The summed E-state index contributed by atoms with van der Waals surface area (Å²) in [6, 6.07) is 9.76. The van der Waals surface area contributed by atoms with Gasteiger partial charge in [0.05, 0.1) is 11.0 Å². The summed E-state index contributed by atoms with van der Waals surface area (Å²) < 4.78 is 1.98. The van der Waals surface area contributed by atoms with Crippen LogP contribution in [0.25, 0.3) is 11.0 Å². The molecule has 2 aromatic rings. The summed E-state index contributed by atoms with van der Waals surface area (Å²) in [5.41, 5.74) is 0.366. The summed E-state index contributed by atoms with van der Waals surface area (Å²) in [4.78, 5) is 34.0. The van der Waals surface area contributed by atoms with Crippen LogP contribution in [0.3, 0.4) is 0 Å². The molecule has 1 aromatic heterocycles. The number of benzene rings is 1. The molecule has 200 valence electrons. The van der Waals surface area contributed by atoms with E-state index >= 15 is 0 Å². The second kappa shape index (κ2) is 10.4. The molecule has 2 atom stereocenters. The maximum atomic E-state index is 14.1. The van der Waals surface area contributed by atoms with Gasteiger partial charge < -0.3 is 15.0 Å². The average Bonchev–Trinajstić information content (AvgIpc) is 3.13. The Labute approximate surface area is 219 Å². The Bertz CT molecular complexity index is 1170. The standard InChI is InChI=1S/C30H42N4O3/c35-28-27(32-30(29(36)37)17-9-4-10-18-30)31-25-13-7-8-14-26(25)34(28)24-19-22-15-16-23(20-24)33(22)21-11-5-2-1-3-6-12-21/h7-8,13-14,21-24H,1-6,9-12,15-20H2,(H,31,32)(H,36,37). The van der Waals surface area contributed by atoms with Crippen LogP contribution in [-0.2, 0) is 4.79 Å². The van der Waals surface area contributed by atoms with Gasteiger partial charge in [0.25, 0.3) is 5.56 Å². The molecule has 2 aliphatic heterocycles. The van der Waals surface area contributed by atoms with Gasteiger partial charge in [0.1, 0.15) is 5.54 Å². The van der Waals surface area contributed by atoms with Gasteiger partial charge in [0.15, 0.2) is 5.82 Å². The zero-order valence-electron chi connectivity index (χ0n) is 22.0. The lowest BCUT2D eigenvalue weighted by molar-refractivity contribution is -0.143. The second-order valence-corrected chi connectivity index (χ2v) is 12.2. The van der Waals surface area contributed by atoms with E-state index in [4.69, 9.17) is 4.98 Å². The Morgan fingerprint density at radius 3 is 2.14 bits per heavy atom. The molecule has 2 unspecified atom stereocenters. The maximum Gasteiger partial charge on any atom is 0.329 e. The molecule has 3 heterocycles. The van der Waals surface area contributed by atoms with E-state index in [1.54, 1.807) is 0 Å². The smallest absolute Gasteiger partial charge is 0.329 e. The monoisotopic (exact) mass is 506 g/mol. The quantitative estimate of drug-likeness (QED) is 0.527. The third kappa shape index (κ3) is 4.68. The van der Waals surface area contributed by atoms with Gasteiger partial charge in [-0.2, -0.15) is 0 Å². The van der Waals surface area contributed by atoms with Crippen LogP contribution in [0.4, 0.5) is 5.82 Å². The van der Waals surface area contributed by atoms with Crippen LogP contribution in [0.15, 0.2) is 29.1 Å². The number of anilines is 1. The molecular formula is C30H42N4O3. The van der Waals surface area contributed by atoms with Crippen molar-refractivity contribution in [2.75, 3.05) is 5.32 Å². The number of para-hydroxylation sites is 2. The fraction of sp³-hybridized carbons (Fsp3) is 0.700. The Morgan fingerprint density at radius 2 is 1.46 bits per heavy atom. The predicted octanol–water partition coefficient (Wildman–Crippen LogP) is 5.88. The molecule has 2 bridgehead atoms. The predicted molar refractivity (Wildman–Crippen MR) is 146 cm³/mol. The van der Waals surface area contributed by atoms with Crippen molar-refractivity contribution in [3.05, 3.63) is 34.6 Å². The molecule has 4 aliphatic rings. The first kappa shape index (κ1) is 24.9. The molecule has 2 N–H and O–H groups in total.